The summed E-state index contributed by atoms with van der Waals surface area (Å²) < 4.78 is 0. The molecule has 0 aliphatic heterocycles. The number of aromatic nitrogens is 2. The van der Waals surface area contributed by atoms with E-state index in [1.807, 2.05) is 18.2 Å². The number of hydrogen-bond acceptors (Lipinski definition) is 7. The Hall–Kier alpha value is -3.10. The fourth-order valence-electron chi connectivity index (χ4n) is 2.11. The molecule has 0 aliphatic carbocycles. The first kappa shape index (κ1) is 17.7. The van der Waals surface area contributed by atoms with Gasteiger partial charge in [0.1, 0.15) is 6.33 Å². The molecule has 0 saturated heterocycles. The van der Waals surface area contributed by atoms with Gasteiger partial charge in [0.15, 0.2) is 0 Å². The molecule has 10 heteroatoms. The fraction of sp³-hybridized carbons (Fsp3) is 0. The number of para-hydroxylation sites is 1. The number of nitrogens with one attached hydrogen (secondary N) is 3. The first-order valence-electron chi connectivity index (χ1n) is 7.33. The smallest absolute Gasteiger partial charge is 0.333 e. The maximum atomic E-state index is 11.5. The SMILES string of the molecule is O=[N+]([O-])c1c(NNc2ccccc2)ncnc1Nc1ccc(Cl)cc1Cl. The molecule has 0 unspecified atom stereocenters. The second-order valence-corrected chi connectivity index (χ2v) is 5.89. The van der Waals surface area contributed by atoms with Crippen molar-refractivity contribution in [1.29, 1.82) is 0 Å². The molecular weight excluding hydrogens is 379 g/mol. The molecule has 1 heterocycles. The lowest BCUT2D eigenvalue weighted by atomic mass is 10.3. The van der Waals surface area contributed by atoms with Crippen LogP contribution >= 0.6 is 23.2 Å². The van der Waals surface area contributed by atoms with Gasteiger partial charge >= 0.3 is 5.69 Å². The van der Waals surface area contributed by atoms with Crippen molar-refractivity contribution < 1.29 is 4.92 Å². The largest absolute Gasteiger partial charge is 0.355 e. The van der Waals surface area contributed by atoms with E-state index in [2.05, 4.69) is 26.1 Å². The van der Waals surface area contributed by atoms with Gasteiger partial charge in [-0.3, -0.25) is 21.0 Å². The molecule has 0 fully saturated rings. The number of nitrogens with zero attached hydrogens (tertiary/aromatic N) is 3. The second-order valence-electron chi connectivity index (χ2n) is 5.04. The highest BCUT2D eigenvalue weighted by Crippen LogP contribution is 2.34. The highest BCUT2D eigenvalue weighted by atomic mass is 35.5. The van der Waals surface area contributed by atoms with Crippen LogP contribution in [0.15, 0.2) is 54.9 Å². The van der Waals surface area contributed by atoms with Crippen molar-refractivity contribution in [2.24, 2.45) is 0 Å². The molecule has 3 N–H and O–H groups in total. The van der Waals surface area contributed by atoms with Crippen LogP contribution in [-0.4, -0.2) is 14.9 Å². The fourth-order valence-corrected chi connectivity index (χ4v) is 2.56. The first-order valence-corrected chi connectivity index (χ1v) is 8.08. The van der Waals surface area contributed by atoms with Gasteiger partial charge in [-0.05, 0) is 30.3 Å². The van der Waals surface area contributed by atoms with Crippen molar-refractivity contribution in [3.63, 3.8) is 0 Å². The van der Waals surface area contributed by atoms with Crippen molar-refractivity contribution >= 4 is 51.9 Å². The summed E-state index contributed by atoms with van der Waals surface area (Å²) in [7, 11) is 0. The van der Waals surface area contributed by atoms with E-state index in [1.165, 1.54) is 12.4 Å². The average molecular weight is 391 g/mol. The maximum Gasteiger partial charge on any atom is 0.355 e. The number of hydrazine groups is 1. The minimum Gasteiger partial charge on any atom is -0.333 e. The monoisotopic (exact) mass is 390 g/mol. The standard InChI is InChI=1S/C16H12Cl2N6O2/c17-10-6-7-13(12(18)8-10)21-15-14(24(25)26)16(20-9-19-15)23-22-11-4-2-1-3-5-11/h1-9,22H,(H2,19,20,21,23). The summed E-state index contributed by atoms with van der Waals surface area (Å²) in [5.74, 6) is -0.00646. The number of halogens is 2. The van der Waals surface area contributed by atoms with E-state index in [0.717, 1.165) is 5.69 Å². The van der Waals surface area contributed by atoms with Crippen LogP contribution in [0.25, 0.3) is 0 Å². The molecule has 0 saturated carbocycles. The molecule has 0 atom stereocenters. The molecule has 1 aromatic heterocycles. The Kier molecular flexibility index (Phi) is 5.35. The van der Waals surface area contributed by atoms with Crippen LogP contribution in [0.4, 0.5) is 28.7 Å². The predicted molar refractivity (Wildman–Crippen MR) is 102 cm³/mol. The van der Waals surface area contributed by atoms with Gasteiger partial charge in [0.2, 0.25) is 11.6 Å². The van der Waals surface area contributed by atoms with E-state index in [0.29, 0.717) is 15.7 Å². The van der Waals surface area contributed by atoms with E-state index in [9.17, 15) is 10.1 Å². The lowest BCUT2D eigenvalue weighted by molar-refractivity contribution is -0.383. The number of benzene rings is 2. The summed E-state index contributed by atoms with van der Waals surface area (Å²) >= 11 is 12.0. The third-order valence-electron chi connectivity index (χ3n) is 3.29. The highest BCUT2D eigenvalue weighted by molar-refractivity contribution is 6.36. The molecule has 0 radical (unpaired) electrons. The zero-order valence-corrected chi connectivity index (χ0v) is 14.6. The Bertz CT molecular complexity index is 939. The quantitative estimate of drug-likeness (QED) is 0.407. The third kappa shape index (κ3) is 4.11. The molecule has 3 rings (SSSR count). The molecule has 132 valence electrons. The predicted octanol–water partition coefficient (Wildman–Crippen LogP) is 4.87. The molecule has 26 heavy (non-hydrogen) atoms. The van der Waals surface area contributed by atoms with Crippen LogP contribution in [0.2, 0.25) is 10.0 Å². The highest BCUT2D eigenvalue weighted by Gasteiger charge is 2.23. The van der Waals surface area contributed by atoms with E-state index >= 15 is 0 Å². The van der Waals surface area contributed by atoms with Crippen LogP contribution in [0, 0.1) is 10.1 Å². The first-order chi connectivity index (χ1) is 12.5. The average Bonchev–Trinajstić information content (AvgIpc) is 2.63. The molecular formula is C16H12Cl2N6O2. The summed E-state index contributed by atoms with van der Waals surface area (Å²) in [6.45, 7) is 0. The van der Waals surface area contributed by atoms with Crippen molar-refractivity contribution in [2.75, 3.05) is 16.2 Å². The molecule has 0 spiro atoms. The lowest BCUT2D eigenvalue weighted by Crippen LogP contribution is -2.13. The number of anilines is 4. The van der Waals surface area contributed by atoms with Gasteiger partial charge in [-0.1, -0.05) is 41.4 Å². The Morgan fingerprint density at radius 2 is 1.69 bits per heavy atom. The summed E-state index contributed by atoms with van der Waals surface area (Å²) in [6.07, 6.45) is 1.20. The minimum absolute atomic E-state index is 0.00133. The van der Waals surface area contributed by atoms with Crippen LogP contribution < -0.4 is 16.2 Å². The second kappa shape index (κ2) is 7.85. The van der Waals surface area contributed by atoms with Gasteiger partial charge in [-0.2, -0.15) is 0 Å². The van der Waals surface area contributed by atoms with Crippen LogP contribution in [0.3, 0.4) is 0 Å². The molecule has 8 nitrogen and oxygen atoms in total. The zero-order chi connectivity index (χ0) is 18.5. The summed E-state index contributed by atoms with van der Waals surface area (Å²) in [4.78, 5) is 18.8. The Balaban J connectivity index is 1.89. The van der Waals surface area contributed by atoms with Gasteiger partial charge in [0.05, 0.1) is 21.3 Å². The number of nitro groups is 1. The summed E-state index contributed by atoms with van der Waals surface area (Å²) in [5, 5.41) is 15.1. The van der Waals surface area contributed by atoms with Crippen molar-refractivity contribution in [1.82, 2.24) is 9.97 Å². The molecule has 0 aliphatic rings. The summed E-state index contributed by atoms with van der Waals surface area (Å²) in [5.41, 5.74) is 6.39. The Morgan fingerprint density at radius 3 is 2.38 bits per heavy atom. The Morgan fingerprint density at radius 1 is 0.962 bits per heavy atom. The Labute approximate surface area is 158 Å². The van der Waals surface area contributed by atoms with E-state index in [4.69, 9.17) is 23.2 Å². The number of hydrogen-bond donors (Lipinski definition) is 3. The van der Waals surface area contributed by atoms with Crippen LogP contribution in [0.1, 0.15) is 0 Å². The van der Waals surface area contributed by atoms with E-state index < -0.39 is 4.92 Å². The maximum absolute atomic E-state index is 11.5. The molecule has 0 amide bonds. The third-order valence-corrected chi connectivity index (χ3v) is 3.84. The topological polar surface area (TPSA) is 105 Å². The van der Waals surface area contributed by atoms with E-state index in [-0.39, 0.29) is 17.3 Å². The molecule has 0 bridgehead atoms. The van der Waals surface area contributed by atoms with Gasteiger partial charge in [0.25, 0.3) is 0 Å². The van der Waals surface area contributed by atoms with E-state index in [1.54, 1.807) is 24.3 Å². The number of rotatable bonds is 6. The van der Waals surface area contributed by atoms with Gasteiger partial charge < -0.3 is 5.32 Å². The van der Waals surface area contributed by atoms with Crippen LogP contribution in [0.5, 0.6) is 0 Å². The van der Waals surface area contributed by atoms with Gasteiger partial charge in [-0.15, -0.1) is 0 Å². The lowest BCUT2D eigenvalue weighted by Gasteiger charge is -2.12. The molecule has 2 aromatic carbocycles. The molecule has 3 aromatic rings. The van der Waals surface area contributed by atoms with Crippen LogP contribution in [-0.2, 0) is 0 Å². The zero-order valence-electron chi connectivity index (χ0n) is 13.1. The minimum atomic E-state index is -0.582. The van der Waals surface area contributed by atoms with Crippen molar-refractivity contribution in [2.45, 2.75) is 0 Å². The normalized spacial score (nSPS) is 10.2. The van der Waals surface area contributed by atoms with Gasteiger partial charge in [-0.25, -0.2) is 9.97 Å². The van der Waals surface area contributed by atoms with Crippen molar-refractivity contribution in [3.05, 3.63) is 75.0 Å². The summed E-state index contributed by atoms with van der Waals surface area (Å²) in [6, 6.07) is 13.8. The van der Waals surface area contributed by atoms with Crippen molar-refractivity contribution in [3.8, 4) is 0 Å². The van der Waals surface area contributed by atoms with Gasteiger partial charge in [0, 0.05) is 5.02 Å².